The van der Waals surface area contributed by atoms with E-state index in [1.165, 1.54) is 23.5 Å². The van der Waals surface area contributed by atoms with Crippen LogP contribution in [-0.4, -0.2) is 18.3 Å². The molecule has 0 radical (unpaired) electrons. The van der Waals surface area contributed by atoms with Crippen LogP contribution in [0.5, 0.6) is 0 Å². The standard InChI is InChI=1S/C11H10ClN3O4S2/c1-7-6-20-11(14-7)5-13-21(18,19)8-2-3-9(12)10(4-8)15(16)17/h2-4,6,13H,5H2,1H3. The first-order chi connectivity index (χ1) is 9.79. The minimum atomic E-state index is -3.87. The van der Waals surface area contributed by atoms with Crippen LogP contribution < -0.4 is 4.72 Å². The van der Waals surface area contributed by atoms with E-state index in [9.17, 15) is 18.5 Å². The second-order valence-electron chi connectivity index (χ2n) is 4.08. The average molecular weight is 348 g/mol. The van der Waals surface area contributed by atoms with E-state index in [1.54, 1.807) is 12.3 Å². The van der Waals surface area contributed by atoms with E-state index < -0.39 is 20.6 Å². The number of nitro benzene ring substituents is 1. The Morgan fingerprint density at radius 2 is 2.19 bits per heavy atom. The van der Waals surface area contributed by atoms with Crippen LogP contribution in [0, 0.1) is 17.0 Å². The van der Waals surface area contributed by atoms with Crippen molar-refractivity contribution in [2.75, 3.05) is 0 Å². The van der Waals surface area contributed by atoms with Crippen LogP contribution in [0.3, 0.4) is 0 Å². The third-order valence-electron chi connectivity index (χ3n) is 2.50. The van der Waals surface area contributed by atoms with Crippen LogP contribution in [0.1, 0.15) is 10.7 Å². The molecule has 0 atom stereocenters. The van der Waals surface area contributed by atoms with Gasteiger partial charge in [-0.05, 0) is 19.1 Å². The summed E-state index contributed by atoms with van der Waals surface area (Å²) in [4.78, 5) is 14.0. The first kappa shape index (κ1) is 15.8. The summed E-state index contributed by atoms with van der Waals surface area (Å²) >= 11 is 6.98. The number of thiazole rings is 1. The number of nitrogens with zero attached hydrogens (tertiary/aromatic N) is 2. The van der Waals surface area contributed by atoms with Crippen LogP contribution in [0.15, 0.2) is 28.5 Å². The number of hydrogen-bond donors (Lipinski definition) is 1. The summed E-state index contributed by atoms with van der Waals surface area (Å²) in [5, 5.41) is 13.1. The molecule has 2 aromatic rings. The fraction of sp³-hybridized carbons (Fsp3) is 0.182. The van der Waals surface area contributed by atoms with Crippen LogP contribution >= 0.6 is 22.9 Å². The zero-order valence-corrected chi connectivity index (χ0v) is 13.1. The molecule has 0 unspecified atom stereocenters. The largest absolute Gasteiger partial charge is 0.289 e. The molecule has 0 saturated heterocycles. The molecule has 0 bridgehead atoms. The number of halogens is 1. The van der Waals surface area contributed by atoms with Crippen molar-refractivity contribution in [2.45, 2.75) is 18.4 Å². The molecule has 0 fully saturated rings. The molecule has 2 rings (SSSR count). The molecular formula is C11H10ClN3O4S2. The number of hydrogen-bond acceptors (Lipinski definition) is 6. The maximum Gasteiger partial charge on any atom is 0.289 e. The number of nitro groups is 1. The lowest BCUT2D eigenvalue weighted by Crippen LogP contribution is -2.23. The predicted octanol–water partition coefficient (Wildman–Crippen LogP) is 2.49. The summed E-state index contributed by atoms with van der Waals surface area (Å²) < 4.78 is 26.5. The second kappa shape index (κ2) is 6.06. The summed E-state index contributed by atoms with van der Waals surface area (Å²) in [5.41, 5.74) is 0.348. The van der Waals surface area contributed by atoms with Gasteiger partial charge in [0.25, 0.3) is 5.69 Å². The Kier molecular flexibility index (Phi) is 4.57. The van der Waals surface area contributed by atoms with Gasteiger partial charge in [-0.15, -0.1) is 11.3 Å². The summed E-state index contributed by atoms with van der Waals surface area (Å²) in [6.07, 6.45) is 0. The highest BCUT2D eigenvalue weighted by Crippen LogP contribution is 2.27. The average Bonchev–Trinajstić information content (AvgIpc) is 2.82. The molecule has 0 aliphatic heterocycles. The molecular weight excluding hydrogens is 338 g/mol. The molecule has 7 nitrogen and oxygen atoms in total. The normalized spacial score (nSPS) is 11.5. The van der Waals surface area contributed by atoms with E-state index in [4.69, 9.17) is 11.6 Å². The van der Waals surface area contributed by atoms with E-state index in [-0.39, 0.29) is 16.5 Å². The molecule has 1 N–H and O–H groups in total. The molecule has 0 amide bonds. The van der Waals surface area contributed by atoms with Crippen LogP contribution in [0.4, 0.5) is 5.69 Å². The lowest BCUT2D eigenvalue weighted by Gasteiger charge is -2.05. The Balaban J connectivity index is 2.23. The quantitative estimate of drug-likeness (QED) is 0.661. The van der Waals surface area contributed by atoms with E-state index in [0.717, 1.165) is 11.8 Å². The minimum Gasteiger partial charge on any atom is -0.258 e. The van der Waals surface area contributed by atoms with E-state index in [1.807, 2.05) is 0 Å². The van der Waals surface area contributed by atoms with Gasteiger partial charge in [-0.1, -0.05) is 11.6 Å². The Morgan fingerprint density at radius 1 is 1.48 bits per heavy atom. The Bertz CT molecular complexity index is 789. The maximum atomic E-state index is 12.1. The second-order valence-corrected chi connectivity index (χ2v) is 7.19. The molecule has 1 aromatic heterocycles. The van der Waals surface area contributed by atoms with Gasteiger partial charge in [0, 0.05) is 17.1 Å². The Labute approximate surface area is 129 Å². The van der Waals surface area contributed by atoms with Gasteiger partial charge in [0.2, 0.25) is 10.0 Å². The van der Waals surface area contributed by atoms with Crippen molar-refractivity contribution in [3.63, 3.8) is 0 Å². The van der Waals surface area contributed by atoms with Crippen LogP contribution in [0.2, 0.25) is 5.02 Å². The molecule has 1 aromatic carbocycles. The van der Waals surface area contributed by atoms with Gasteiger partial charge < -0.3 is 0 Å². The number of rotatable bonds is 5. The zero-order valence-electron chi connectivity index (χ0n) is 10.7. The van der Waals surface area contributed by atoms with E-state index in [0.29, 0.717) is 5.01 Å². The lowest BCUT2D eigenvalue weighted by atomic mass is 10.3. The van der Waals surface area contributed by atoms with E-state index >= 15 is 0 Å². The van der Waals surface area contributed by atoms with Gasteiger partial charge in [0.1, 0.15) is 10.0 Å². The molecule has 21 heavy (non-hydrogen) atoms. The summed E-state index contributed by atoms with van der Waals surface area (Å²) in [6.45, 7) is 1.83. The van der Waals surface area contributed by atoms with Crippen molar-refractivity contribution >= 4 is 38.6 Å². The number of benzene rings is 1. The molecule has 0 spiro atoms. The van der Waals surface area contributed by atoms with Gasteiger partial charge in [-0.25, -0.2) is 18.1 Å². The Morgan fingerprint density at radius 3 is 2.76 bits per heavy atom. The van der Waals surface area contributed by atoms with Crippen molar-refractivity contribution in [2.24, 2.45) is 0 Å². The van der Waals surface area contributed by atoms with Crippen LogP contribution in [0.25, 0.3) is 0 Å². The third-order valence-corrected chi connectivity index (χ3v) is 5.19. The summed E-state index contributed by atoms with van der Waals surface area (Å²) in [5.74, 6) is 0. The highest BCUT2D eigenvalue weighted by molar-refractivity contribution is 7.89. The molecule has 0 aliphatic rings. The Hall–Kier alpha value is -1.55. The first-order valence-corrected chi connectivity index (χ1v) is 8.38. The van der Waals surface area contributed by atoms with Crippen molar-refractivity contribution < 1.29 is 13.3 Å². The predicted molar refractivity (Wildman–Crippen MR) is 79.0 cm³/mol. The number of sulfonamides is 1. The summed E-state index contributed by atoms with van der Waals surface area (Å²) in [7, 11) is -3.87. The van der Waals surface area contributed by atoms with Gasteiger partial charge in [0.15, 0.2) is 0 Å². The lowest BCUT2D eigenvalue weighted by molar-refractivity contribution is -0.384. The van der Waals surface area contributed by atoms with Crippen LogP contribution in [-0.2, 0) is 16.6 Å². The zero-order chi connectivity index (χ0) is 15.6. The molecule has 1 heterocycles. The smallest absolute Gasteiger partial charge is 0.258 e. The van der Waals surface area contributed by atoms with Crippen molar-refractivity contribution in [1.82, 2.24) is 9.71 Å². The maximum absolute atomic E-state index is 12.1. The van der Waals surface area contributed by atoms with E-state index in [2.05, 4.69) is 9.71 Å². The monoisotopic (exact) mass is 347 g/mol. The minimum absolute atomic E-state index is 0.0251. The SMILES string of the molecule is Cc1csc(CNS(=O)(=O)c2ccc(Cl)c([N+](=O)[O-])c2)n1. The van der Waals surface area contributed by atoms with Gasteiger partial charge in [-0.3, -0.25) is 10.1 Å². The highest BCUT2D eigenvalue weighted by Gasteiger charge is 2.20. The fourth-order valence-corrected chi connectivity index (χ4v) is 3.52. The third kappa shape index (κ3) is 3.76. The molecule has 0 saturated carbocycles. The van der Waals surface area contributed by atoms with Gasteiger partial charge in [0.05, 0.1) is 16.4 Å². The number of aromatic nitrogens is 1. The fourth-order valence-electron chi connectivity index (χ4n) is 1.52. The van der Waals surface area contributed by atoms with Crippen molar-refractivity contribution in [1.29, 1.82) is 0 Å². The van der Waals surface area contributed by atoms with Gasteiger partial charge in [-0.2, -0.15) is 0 Å². The van der Waals surface area contributed by atoms with Crippen molar-refractivity contribution in [3.05, 3.63) is 49.4 Å². The van der Waals surface area contributed by atoms with Crippen molar-refractivity contribution in [3.8, 4) is 0 Å². The highest BCUT2D eigenvalue weighted by atomic mass is 35.5. The molecule has 10 heteroatoms. The molecule has 112 valence electrons. The summed E-state index contributed by atoms with van der Waals surface area (Å²) in [6, 6.07) is 3.32. The molecule has 0 aliphatic carbocycles. The number of nitrogens with one attached hydrogen (secondary N) is 1. The topological polar surface area (TPSA) is 102 Å². The number of aryl methyl sites for hydroxylation is 1. The van der Waals surface area contributed by atoms with Gasteiger partial charge >= 0.3 is 0 Å². The first-order valence-electron chi connectivity index (χ1n) is 5.64.